The number of ether oxygens (including phenoxy) is 1. The van der Waals surface area contributed by atoms with Crippen molar-refractivity contribution in [2.45, 2.75) is 38.5 Å². The summed E-state index contributed by atoms with van der Waals surface area (Å²) in [4.78, 5) is 21.1. The molecule has 2 saturated heterocycles. The second kappa shape index (κ2) is 7.27. The summed E-state index contributed by atoms with van der Waals surface area (Å²) >= 11 is 0. The Morgan fingerprint density at radius 2 is 2.13 bits per heavy atom. The van der Waals surface area contributed by atoms with Crippen LogP contribution in [0.5, 0.6) is 0 Å². The molecule has 3 atom stereocenters. The van der Waals surface area contributed by atoms with Crippen molar-refractivity contribution in [3.63, 3.8) is 0 Å². The van der Waals surface area contributed by atoms with E-state index in [2.05, 4.69) is 28.2 Å². The molecule has 126 valence electrons. The van der Waals surface area contributed by atoms with Gasteiger partial charge in [-0.15, -0.1) is 0 Å². The van der Waals surface area contributed by atoms with Gasteiger partial charge in [-0.05, 0) is 32.4 Å². The maximum Gasteiger partial charge on any atom is 0.317 e. The molecule has 2 fully saturated rings. The van der Waals surface area contributed by atoms with Crippen molar-refractivity contribution in [1.82, 2.24) is 20.1 Å². The van der Waals surface area contributed by atoms with Gasteiger partial charge in [-0.2, -0.15) is 0 Å². The molecule has 1 aromatic heterocycles. The van der Waals surface area contributed by atoms with Gasteiger partial charge in [-0.3, -0.25) is 9.88 Å². The minimum absolute atomic E-state index is 0.0393. The summed E-state index contributed by atoms with van der Waals surface area (Å²) in [6.07, 6.45) is 2.86. The van der Waals surface area contributed by atoms with Gasteiger partial charge in [0, 0.05) is 45.0 Å². The molecule has 0 radical (unpaired) electrons. The zero-order valence-corrected chi connectivity index (χ0v) is 13.9. The Bertz CT molecular complexity index is 517. The average Bonchev–Trinajstić information content (AvgIpc) is 3.00. The van der Waals surface area contributed by atoms with Crippen LogP contribution in [0.3, 0.4) is 0 Å². The number of carbonyl (C=O) groups is 1. The highest BCUT2D eigenvalue weighted by molar-refractivity contribution is 5.74. The fraction of sp³-hybridized carbons (Fsp3) is 0.647. The molecule has 2 aliphatic heterocycles. The number of pyridine rings is 1. The smallest absolute Gasteiger partial charge is 0.317 e. The molecule has 6 heteroatoms. The molecular formula is C17H26N4O2. The molecular weight excluding hydrogens is 292 g/mol. The lowest BCUT2D eigenvalue weighted by molar-refractivity contribution is 0.0997. The van der Waals surface area contributed by atoms with Crippen LogP contribution in [0.2, 0.25) is 0 Å². The fourth-order valence-corrected chi connectivity index (χ4v) is 3.29. The molecule has 1 N–H and O–H groups in total. The van der Waals surface area contributed by atoms with E-state index in [-0.39, 0.29) is 24.2 Å². The number of amides is 2. The predicted octanol–water partition coefficient (Wildman–Crippen LogP) is 1.65. The number of urea groups is 1. The number of hydrogen-bond acceptors (Lipinski definition) is 4. The lowest BCUT2D eigenvalue weighted by Gasteiger charge is -2.38. The van der Waals surface area contributed by atoms with E-state index >= 15 is 0 Å². The summed E-state index contributed by atoms with van der Waals surface area (Å²) in [5.74, 6) is 0. The van der Waals surface area contributed by atoms with Crippen LogP contribution in [0.25, 0.3) is 0 Å². The van der Waals surface area contributed by atoms with Crippen LogP contribution in [0.15, 0.2) is 24.4 Å². The van der Waals surface area contributed by atoms with E-state index in [0.29, 0.717) is 0 Å². The molecule has 0 aliphatic carbocycles. The van der Waals surface area contributed by atoms with Crippen LogP contribution in [0.1, 0.15) is 32.0 Å². The summed E-state index contributed by atoms with van der Waals surface area (Å²) in [5.41, 5.74) is 1.09. The van der Waals surface area contributed by atoms with E-state index in [9.17, 15) is 4.79 Å². The molecule has 23 heavy (non-hydrogen) atoms. The fourth-order valence-electron chi connectivity index (χ4n) is 3.29. The Hall–Kier alpha value is -1.66. The van der Waals surface area contributed by atoms with Crippen LogP contribution in [0, 0.1) is 0 Å². The Morgan fingerprint density at radius 1 is 1.35 bits per heavy atom. The molecule has 0 aromatic carbocycles. The Labute approximate surface area is 137 Å². The average molecular weight is 318 g/mol. The number of nitrogens with zero attached hydrogens (tertiary/aromatic N) is 3. The van der Waals surface area contributed by atoms with Gasteiger partial charge in [0.25, 0.3) is 0 Å². The van der Waals surface area contributed by atoms with Crippen molar-refractivity contribution < 1.29 is 9.53 Å². The van der Waals surface area contributed by atoms with E-state index in [1.165, 1.54) is 0 Å². The van der Waals surface area contributed by atoms with Gasteiger partial charge < -0.3 is 15.0 Å². The first-order chi connectivity index (χ1) is 11.1. The third kappa shape index (κ3) is 3.82. The molecule has 0 spiro atoms. The molecule has 0 saturated carbocycles. The van der Waals surface area contributed by atoms with Crippen molar-refractivity contribution >= 4 is 6.03 Å². The Balaban J connectivity index is 1.49. The minimum Gasteiger partial charge on any atom is -0.376 e. The first-order valence-corrected chi connectivity index (χ1v) is 8.47. The van der Waals surface area contributed by atoms with Crippen LogP contribution >= 0.6 is 0 Å². The standard InChI is InChI=1S/C17H26N4O2/c1-13(15-5-3-4-7-18-15)20-8-10-21(11-9-20)17(22)19-16-6-12-23-14(16)2/h3-5,7,13-14,16H,6,8-12H2,1-2H3,(H,19,22). The van der Waals surface area contributed by atoms with Gasteiger partial charge in [0.2, 0.25) is 0 Å². The van der Waals surface area contributed by atoms with E-state index in [1.807, 2.05) is 30.2 Å². The molecule has 3 unspecified atom stereocenters. The van der Waals surface area contributed by atoms with Crippen LogP contribution in [-0.4, -0.2) is 65.7 Å². The second-order valence-corrected chi connectivity index (χ2v) is 6.37. The highest BCUT2D eigenvalue weighted by Crippen LogP contribution is 2.20. The van der Waals surface area contributed by atoms with E-state index in [4.69, 9.17) is 4.74 Å². The number of piperazine rings is 1. The monoisotopic (exact) mass is 318 g/mol. The number of nitrogens with one attached hydrogen (secondary N) is 1. The first kappa shape index (κ1) is 16.2. The van der Waals surface area contributed by atoms with Crippen LogP contribution < -0.4 is 5.32 Å². The maximum absolute atomic E-state index is 12.4. The van der Waals surface area contributed by atoms with Gasteiger partial charge in [-0.25, -0.2) is 4.79 Å². The summed E-state index contributed by atoms with van der Waals surface area (Å²) in [7, 11) is 0. The molecule has 1 aromatic rings. The quantitative estimate of drug-likeness (QED) is 0.921. The molecule has 3 rings (SSSR count). The van der Waals surface area contributed by atoms with E-state index in [0.717, 1.165) is 44.9 Å². The third-order valence-electron chi connectivity index (χ3n) is 4.95. The van der Waals surface area contributed by atoms with E-state index in [1.54, 1.807) is 0 Å². The number of aromatic nitrogens is 1. The molecule has 6 nitrogen and oxygen atoms in total. The normalized spacial score (nSPS) is 27.0. The van der Waals surface area contributed by atoms with Gasteiger partial charge in [0.05, 0.1) is 17.8 Å². The molecule has 2 aliphatic rings. The van der Waals surface area contributed by atoms with Gasteiger partial charge in [0.1, 0.15) is 0 Å². The topological polar surface area (TPSA) is 57.7 Å². The highest BCUT2D eigenvalue weighted by Gasteiger charge is 2.29. The summed E-state index contributed by atoms with van der Waals surface area (Å²) in [5, 5.41) is 3.11. The lowest BCUT2D eigenvalue weighted by Crippen LogP contribution is -2.54. The molecule has 0 bridgehead atoms. The van der Waals surface area contributed by atoms with Gasteiger partial charge in [0.15, 0.2) is 0 Å². The van der Waals surface area contributed by atoms with Gasteiger partial charge in [-0.1, -0.05) is 6.07 Å². The summed E-state index contributed by atoms with van der Waals surface area (Å²) in [6.45, 7) is 8.20. The number of rotatable bonds is 3. The van der Waals surface area contributed by atoms with Crippen LogP contribution in [-0.2, 0) is 4.74 Å². The first-order valence-electron chi connectivity index (χ1n) is 8.47. The zero-order chi connectivity index (χ0) is 16.2. The zero-order valence-electron chi connectivity index (χ0n) is 13.9. The van der Waals surface area contributed by atoms with E-state index < -0.39 is 0 Å². The SMILES string of the molecule is CC1OCCC1NC(=O)N1CCN(C(C)c2ccccn2)CC1. The maximum atomic E-state index is 12.4. The summed E-state index contributed by atoms with van der Waals surface area (Å²) < 4.78 is 5.50. The second-order valence-electron chi connectivity index (χ2n) is 6.37. The Kier molecular flexibility index (Phi) is 5.13. The largest absolute Gasteiger partial charge is 0.376 e. The predicted molar refractivity (Wildman–Crippen MR) is 88.1 cm³/mol. The van der Waals surface area contributed by atoms with Crippen LogP contribution in [0.4, 0.5) is 4.79 Å². The third-order valence-corrected chi connectivity index (χ3v) is 4.95. The van der Waals surface area contributed by atoms with Crippen molar-refractivity contribution in [1.29, 1.82) is 0 Å². The summed E-state index contributed by atoms with van der Waals surface area (Å²) in [6, 6.07) is 6.49. The lowest BCUT2D eigenvalue weighted by atomic mass is 10.1. The molecule has 2 amide bonds. The van der Waals surface area contributed by atoms with Crippen molar-refractivity contribution in [2.75, 3.05) is 32.8 Å². The van der Waals surface area contributed by atoms with Crippen molar-refractivity contribution in [3.8, 4) is 0 Å². The number of hydrogen-bond donors (Lipinski definition) is 1. The van der Waals surface area contributed by atoms with Gasteiger partial charge >= 0.3 is 6.03 Å². The Morgan fingerprint density at radius 3 is 2.74 bits per heavy atom. The molecule has 3 heterocycles. The van der Waals surface area contributed by atoms with Crippen molar-refractivity contribution in [3.05, 3.63) is 30.1 Å². The van der Waals surface area contributed by atoms with Crippen molar-refractivity contribution in [2.24, 2.45) is 0 Å². The number of carbonyl (C=O) groups excluding carboxylic acids is 1. The minimum atomic E-state index is 0.0393. The highest BCUT2D eigenvalue weighted by atomic mass is 16.5.